The topological polar surface area (TPSA) is 58.6 Å². The number of hydrogen-bond donors (Lipinski definition) is 2. The van der Waals surface area contributed by atoms with Crippen molar-refractivity contribution in [2.24, 2.45) is 0 Å². The van der Waals surface area contributed by atoms with Gasteiger partial charge in [-0.1, -0.05) is 49.6 Å². The van der Waals surface area contributed by atoms with Crippen molar-refractivity contribution in [3.8, 4) is 0 Å². The molecule has 2 N–H and O–H groups in total. The summed E-state index contributed by atoms with van der Waals surface area (Å²) in [6.45, 7) is 1.80. The molecule has 0 aromatic heterocycles. The SMILES string of the molecule is O=C(O)C(CNCCOC1CCCCC1)c1ccccc1. The lowest BCUT2D eigenvalue weighted by molar-refractivity contribution is -0.138. The molecule has 0 heterocycles. The minimum atomic E-state index is -0.790. The lowest BCUT2D eigenvalue weighted by Gasteiger charge is -2.22. The molecule has 0 aliphatic heterocycles. The predicted molar refractivity (Wildman–Crippen MR) is 82.5 cm³/mol. The van der Waals surface area contributed by atoms with Gasteiger partial charge >= 0.3 is 5.97 Å². The van der Waals surface area contributed by atoms with Gasteiger partial charge in [-0.2, -0.15) is 0 Å². The van der Waals surface area contributed by atoms with Crippen molar-refractivity contribution in [3.63, 3.8) is 0 Å². The molecule has 0 radical (unpaired) electrons. The van der Waals surface area contributed by atoms with E-state index in [1.807, 2.05) is 30.3 Å². The van der Waals surface area contributed by atoms with E-state index in [4.69, 9.17) is 4.74 Å². The van der Waals surface area contributed by atoms with Crippen molar-refractivity contribution in [2.75, 3.05) is 19.7 Å². The van der Waals surface area contributed by atoms with Crippen LogP contribution in [0.2, 0.25) is 0 Å². The number of rotatable bonds is 8. The highest BCUT2D eigenvalue weighted by atomic mass is 16.5. The Hall–Kier alpha value is -1.39. The van der Waals surface area contributed by atoms with Crippen LogP contribution in [0, 0.1) is 0 Å². The number of carboxylic acid groups (broad SMARTS) is 1. The second-order valence-corrected chi connectivity index (χ2v) is 5.64. The first-order chi connectivity index (χ1) is 10.3. The summed E-state index contributed by atoms with van der Waals surface area (Å²) in [5.74, 6) is -1.29. The fourth-order valence-electron chi connectivity index (χ4n) is 2.81. The molecule has 0 saturated heterocycles. The number of carbonyl (C=O) groups is 1. The Morgan fingerprint density at radius 2 is 1.95 bits per heavy atom. The van der Waals surface area contributed by atoms with Gasteiger partial charge in [-0.05, 0) is 18.4 Å². The molecule has 1 aromatic rings. The van der Waals surface area contributed by atoms with E-state index in [2.05, 4.69) is 5.32 Å². The van der Waals surface area contributed by atoms with E-state index in [9.17, 15) is 9.90 Å². The van der Waals surface area contributed by atoms with Crippen molar-refractivity contribution in [1.29, 1.82) is 0 Å². The Kier molecular flexibility index (Phi) is 6.70. The fourth-order valence-corrected chi connectivity index (χ4v) is 2.81. The third-order valence-corrected chi connectivity index (χ3v) is 4.03. The van der Waals surface area contributed by atoms with Gasteiger partial charge in [-0.3, -0.25) is 4.79 Å². The van der Waals surface area contributed by atoms with Gasteiger partial charge in [0, 0.05) is 13.1 Å². The molecular weight excluding hydrogens is 266 g/mol. The lowest BCUT2D eigenvalue weighted by Crippen LogP contribution is -2.30. The number of nitrogens with one attached hydrogen (secondary N) is 1. The third kappa shape index (κ3) is 5.48. The number of hydrogen-bond acceptors (Lipinski definition) is 3. The zero-order valence-electron chi connectivity index (χ0n) is 12.5. The zero-order chi connectivity index (χ0) is 14.9. The summed E-state index contributed by atoms with van der Waals surface area (Å²) in [6, 6.07) is 9.36. The van der Waals surface area contributed by atoms with Gasteiger partial charge in [0.1, 0.15) is 0 Å². The molecule has 21 heavy (non-hydrogen) atoms. The van der Waals surface area contributed by atoms with Crippen LogP contribution in [0.15, 0.2) is 30.3 Å². The van der Waals surface area contributed by atoms with Crippen LogP contribution >= 0.6 is 0 Å². The molecule has 1 aliphatic rings. The van der Waals surface area contributed by atoms with E-state index >= 15 is 0 Å². The molecule has 1 aliphatic carbocycles. The molecule has 1 aromatic carbocycles. The number of aliphatic carboxylic acids is 1. The summed E-state index contributed by atoms with van der Waals surface area (Å²) in [7, 11) is 0. The first-order valence-corrected chi connectivity index (χ1v) is 7.87. The van der Waals surface area contributed by atoms with Crippen LogP contribution in [0.25, 0.3) is 0 Å². The normalized spacial score (nSPS) is 17.5. The molecule has 116 valence electrons. The van der Waals surface area contributed by atoms with Crippen molar-refractivity contribution >= 4 is 5.97 Å². The maximum Gasteiger partial charge on any atom is 0.312 e. The van der Waals surface area contributed by atoms with E-state index in [1.165, 1.54) is 32.1 Å². The van der Waals surface area contributed by atoms with Gasteiger partial charge in [0.05, 0.1) is 18.6 Å². The summed E-state index contributed by atoms with van der Waals surface area (Å²) in [6.07, 6.45) is 6.62. The molecule has 1 unspecified atom stereocenters. The molecule has 1 saturated carbocycles. The van der Waals surface area contributed by atoms with Crippen molar-refractivity contribution in [2.45, 2.75) is 44.1 Å². The van der Waals surface area contributed by atoms with Crippen LogP contribution in [0.5, 0.6) is 0 Å². The molecule has 0 amide bonds. The monoisotopic (exact) mass is 291 g/mol. The maximum absolute atomic E-state index is 11.3. The standard InChI is InChI=1S/C17H25NO3/c19-17(20)16(14-7-3-1-4-8-14)13-18-11-12-21-15-9-5-2-6-10-15/h1,3-4,7-8,15-16,18H,2,5-6,9-13H2,(H,19,20). The zero-order valence-corrected chi connectivity index (χ0v) is 12.5. The van der Waals surface area contributed by atoms with E-state index in [0.29, 0.717) is 25.8 Å². The van der Waals surface area contributed by atoms with Gasteiger partial charge in [0.25, 0.3) is 0 Å². The molecule has 1 fully saturated rings. The minimum absolute atomic E-state index is 0.407. The average molecular weight is 291 g/mol. The molecule has 4 nitrogen and oxygen atoms in total. The third-order valence-electron chi connectivity index (χ3n) is 4.03. The van der Waals surface area contributed by atoms with E-state index in [0.717, 1.165) is 5.56 Å². The fraction of sp³-hybridized carbons (Fsp3) is 0.588. The molecule has 4 heteroatoms. The van der Waals surface area contributed by atoms with Gasteiger partial charge in [-0.15, -0.1) is 0 Å². The van der Waals surface area contributed by atoms with E-state index < -0.39 is 11.9 Å². The largest absolute Gasteiger partial charge is 0.481 e. The van der Waals surface area contributed by atoms with Gasteiger partial charge in [-0.25, -0.2) is 0 Å². The number of benzene rings is 1. The second kappa shape index (κ2) is 8.80. The Labute approximate surface area is 126 Å². The predicted octanol–water partition coefficient (Wildman–Crippen LogP) is 2.79. The molecule has 2 rings (SSSR count). The van der Waals surface area contributed by atoms with Crippen molar-refractivity contribution < 1.29 is 14.6 Å². The number of carboxylic acids is 1. The summed E-state index contributed by atoms with van der Waals surface area (Å²) >= 11 is 0. The summed E-state index contributed by atoms with van der Waals surface area (Å²) < 4.78 is 5.82. The van der Waals surface area contributed by atoms with Crippen LogP contribution in [-0.4, -0.2) is 36.9 Å². The molecular formula is C17H25NO3. The summed E-state index contributed by atoms with van der Waals surface area (Å²) in [5.41, 5.74) is 0.839. The first kappa shape index (κ1) is 16.0. The van der Waals surface area contributed by atoms with Crippen molar-refractivity contribution in [3.05, 3.63) is 35.9 Å². The van der Waals surface area contributed by atoms with Crippen LogP contribution in [0.4, 0.5) is 0 Å². The molecule has 0 spiro atoms. The van der Waals surface area contributed by atoms with Gasteiger partial charge in [0.2, 0.25) is 0 Å². The Morgan fingerprint density at radius 3 is 2.62 bits per heavy atom. The Balaban J connectivity index is 1.67. The molecule has 1 atom stereocenters. The first-order valence-electron chi connectivity index (χ1n) is 7.87. The highest BCUT2D eigenvalue weighted by Crippen LogP contribution is 2.20. The van der Waals surface area contributed by atoms with E-state index in [1.54, 1.807) is 0 Å². The van der Waals surface area contributed by atoms with Crippen molar-refractivity contribution in [1.82, 2.24) is 5.32 Å². The average Bonchev–Trinajstić information content (AvgIpc) is 2.52. The summed E-state index contributed by atoms with van der Waals surface area (Å²) in [4.78, 5) is 11.3. The minimum Gasteiger partial charge on any atom is -0.481 e. The highest BCUT2D eigenvalue weighted by molar-refractivity contribution is 5.76. The van der Waals surface area contributed by atoms with Gasteiger partial charge < -0.3 is 15.2 Å². The second-order valence-electron chi connectivity index (χ2n) is 5.64. The van der Waals surface area contributed by atoms with E-state index in [-0.39, 0.29) is 0 Å². The molecule has 0 bridgehead atoms. The number of ether oxygens (including phenoxy) is 1. The Morgan fingerprint density at radius 1 is 1.24 bits per heavy atom. The van der Waals surface area contributed by atoms with Crippen LogP contribution < -0.4 is 5.32 Å². The van der Waals surface area contributed by atoms with Crippen LogP contribution in [-0.2, 0) is 9.53 Å². The maximum atomic E-state index is 11.3. The quantitative estimate of drug-likeness (QED) is 0.723. The van der Waals surface area contributed by atoms with Crippen LogP contribution in [0.1, 0.15) is 43.6 Å². The van der Waals surface area contributed by atoms with Gasteiger partial charge in [0.15, 0.2) is 0 Å². The lowest BCUT2D eigenvalue weighted by atomic mass is 9.98. The smallest absolute Gasteiger partial charge is 0.312 e. The Bertz CT molecular complexity index is 415. The van der Waals surface area contributed by atoms with Crippen LogP contribution in [0.3, 0.4) is 0 Å². The highest BCUT2D eigenvalue weighted by Gasteiger charge is 2.19. The summed E-state index contributed by atoms with van der Waals surface area (Å²) in [5, 5.41) is 12.5.